The molecular weight excluding hydrogens is 306 g/mol. The number of para-hydroxylation sites is 1. The number of ether oxygens (including phenoxy) is 1. The molecule has 0 fully saturated rings. The summed E-state index contributed by atoms with van der Waals surface area (Å²) in [7, 11) is 0.292. The van der Waals surface area contributed by atoms with E-state index in [2.05, 4.69) is 6.92 Å². The molecule has 0 saturated heterocycles. The highest BCUT2D eigenvalue weighted by Crippen LogP contribution is 2.46. The van der Waals surface area contributed by atoms with E-state index in [-0.39, 0.29) is 6.04 Å². The summed E-state index contributed by atoms with van der Waals surface area (Å²) in [6, 6.07) is 13.5. The van der Waals surface area contributed by atoms with Gasteiger partial charge in [-0.2, -0.15) is 0 Å². The standard InChI is InChI=1S/C16H16ClNO2S/c1-3-14-13-9-11(17)10-15(20-2)16(13)21(19)18(14)12-7-5-4-6-8-12/h4-10,14H,3H2,1-2H3. The summed E-state index contributed by atoms with van der Waals surface area (Å²) in [6.07, 6.45) is 0.844. The highest BCUT2D eigenvalue weighted by molar-refractivity contribution is 7.87. The topological polar surface area (TPSA) is 29.5 Å². The number of rotatable bonds is 3. The third-order valence-corrected chi connectivity index (χ3v) is 5.49. The molecule has 110 valence electrons. The fourth-order valence-corrected chi connectivity index (χ4v) is 4.68. The van der Waals surface area contributed by atoms with Gasteiger partial charge >= 0.3 is 0 Å². The Balaban J connectivity index is 2.18. The first kappa shape index (κ1) is 14.4. The Morgan fingerprint density at radius 3 is 2.62 bits per heavy atom. The van der Waals surface area contributed by atoms with Gasteiger partial charge in [0.2, 0.25) is 0 Å². The number of anilines is 1. The van der Waals surface area contributed by atoms with Crippen LogP contribution in [-0.4, -0.2) is 11.3 Å². The van der Waals surface area contributed by atoms with Crippen LogP contribution >= 0.6 is 11.6 Å². The zero-order valence-corrected chi connectivity index (χ0v) is 13.4. The van der Waals surface area contributed by atoms with Crippen LogP contribution in [0.3, 0.4) is 0 Å². The lowest BCUT2D eigenvalue weighted by Crippen LogP contribution is -2.23. The molecule has 0 saturated carbocycles. The average molecular weight is 322 g/mol. The summed E-state index contributed by atoms with van der Waals surface area (Å²) in [5, 5.41) is 0.607. The van der Waals surface area contributed by atoms with Crippen molar-refractivity contribution in [3.05, 3.63) is 53.1 Å². The predicted octanol–water partition coefficient (Wildman–Crippen LogP) is 4.34. The zero-order valence-electron chi connectivity index (χ0n) is 11.9. The minimum atomic E-state index is -1.29. The van der Waals surface area contributed by atoms with E-state index < -0.39 is 11.0 Å². The molecule has 0 N–H and O–H groups in total. The summed E-state index contributed by atoms with van der Waals surface area (Å²) < 4.78 is 20.3. The second-order valence-corrected chi connectivity index (χ2v) is 6.60. The summed E-state index contributed by atoms with van der Waals surface area (Å²) in [5.74, 6) is 0.590. The molecule has 2 unspecified atom stereocenters. The number of benzene rings is 2. The maximum atomic E-state index is 13.0. The van der Waals surface area contributed by atoms with Gasteiger partial charge in [0.1, 0.15) is 10.6 Å². The van der Waals surface area contributed by atoms with Gasteiger partial charge in [-0.25, -0.2) is 4.21 Å². The molecule has 0 aliphatic carbocycles. The van der Waals surface area contributed by atoms with Crippen LogP contribution in [0.2, 0.25) is 5.02 Å². The Bertz CT molecular complexity index is 690. The van der Waals surface area contributed by atoms with Gasteiger partial charge in [0.05, 0.1) is 18.8 Å². The van der Waals surface area contributed by atoms with Gasteiger partial charge in [-0.15, -0.1) is 0 Å². The Kier molecular flexibility index (Phi) is 3.91. The molecule has 2 aromatic rings. The fraction of sp³-hybridized carbons (Fsp3) is 0.250. The van der Waals surface area contributed by atoms with Gasteiger partial charge in [0.15, 0.2) is 11.0 Å². The van der Waals surface area contributed by atoms with Crippen molar-refractivity contribution in [1.82, 2.24) is 0 Å². The van der Waals surface area contributed by atoms with Crippen LogP contribution < -0.4 is 9.04 Å². The van der Waals surface area contributed by atoms with Crippen LogP contribution in [0.5, 0.6) is 5.75 Å². The number of methoxy groups -OCH3 is 1. The van der Waals surface area contributed by atoms with Crippen molar-refractivity contribution in [3.8, 4) is 5.75 Å². The Labute approximate surface area is 132 Å². The van der Waals surface area contributed by atoms with Crippen LogP contribution in [0.15, 0.2) is 47.4 Å². The Hall–Kier alpha value is -1.52. The number of halogens is 1. The van der Waals surface area contributed by atoms with Crippen molar-refractivity contribution < 1.29 is 8.95 Å². The second-order valence-electron chi connectivity index (χ2n) is 4.86. The van der Waals surface area contributed by atoms with E-state index in [1.807, 2.05) is 40.7 Å². The lowest BCUT2D eigenvalue weighted by atomic mass is 10.0. The maximum absolute atomic E-state index is 13.0. The first-order valence-corrected chi connectivity index (χ1v) is 8.29. The van der Waals surface area contributed by atoms with Gasteiger partial charge in [-0.3, -0.25) is 4.31 Å². The number of hydrogen-bond acceptors (Lipinski definition) is 2. The van der Waals surface area contributed by atoms with Crippen molar-refractivity contribution in [2.75, 3.05) is 11.4 Å². The molecule has 1 aliphatic rings. The van der Waals surface area contributed by atoms with E-state index >= 15 is 0 Å². The van der Waals surface area contributed by atoms with Crippen LogP contribution in [0.25, 0.3) is 0 Å². The molecule has 0 amide bonds. The molecular formula is C16H16ClNO2S. The fourth-order valence-electron chi connectivity index (χ4n) is 2.75. The van der Waals surface area contributed by atoms with Crippen LogP contribution in [0.4, 0.5) is 5.69 Å². The molecule has 0 aromatic heterocycles. The Morgan fingerprint density at radius 2 is 2.00 bits per heavy atom. The first-order chi connectivity index (χ1) is 10.2. The van der Waals surface area contributed by atoms with Gasteiger partial charge in [-0.1, -0.05) is 36.7 Å². The molecule has 5 heteroatoms. The van der Waals surface area contributed by atoms with Crippen molar-refractivity contribution in [3.63, 3.8) is 0 Å². The zero-order chi connectivity index (χ0) is 15.0. The predicted molar refractivity (Wildman–Crippen MR) is 86.4 cm³/mol. The normalized spacial score (nSPS) is 20.4. The maximum Gasteiger partial charge on any atom is 0.157 e. The van der Waals surface area contributed by atoms with E-state index in [0.717, 1.165) is 22.6 Å². The summed E-state index contributed by atoms with van der Waals surface area (Å²) >= 11 is 6.17. The van der Waals surface area contributed by atoms with Crippen molar-refractivity contribution in [2.24, 2.45) is 0 Å². The van der Waals surface area contributed by atoms with Gasteiger partial charge in [-0.05, 0) is 30.2 Å². The van der Waals surface area contributed by atoms with Gasteiger partial charge in [0, 0.05) is 11.1 Å². The second kappa shape index (κ2) is 5.70. The number of nitrogens with zero attached hydrogens (tertiary/aromatic N) is 1. The third kappa shape index (κ3) is 2.32. The van der Waals surface area contributed by atoms with E-state index in [1.165, 1.54) is 0 Å². The summed E-state index contributed by atoms with van der Waals surface area (Å²) in [5.41, 5.74) is 1.93. The quantitative estimate of drug-likeness (QED) is 0.841. The van der Waals surface area contributed by atoms with Crippen molar-refractivity contribution >= 4 is 28.3 Å². The molecule has 1 aliphatic heterocycles. The molecule has 2 atom stereocenters. The molecule has 2 aromatic carbocycles. The molecule has 3 rings (SSSR count). The highest BCUT2D eigenvalue weighted by atomic mass is 35.5. The molecule has 1 heterocycles. The molecule has 3 nitrogen and oxygen atoms in total. The molecule has 0 bridgehead atoms. The smallest absolute Gasteiger partial charge is 0.157 e. The number of hydrogen-bond donors (Lipinski definition) is 0. The summed E-state index contributed by atoms with van der Waals surface area (Å²) in [4.78, 5) is 0.734. The lowest BCUT2D eigenvalue weighted by Gasteiger charge is -2.24. The summed E-state index contributed by atoms with van der Waals surface area (Å²) in [6.45, 7) is 2.08. The van der Waals surface area contributed by atoms with Crippen molar-refractivity contribution in [2.45, 2.75) is 24.3 Å². The highest BCUT2D eigenvalue weighted by Gasteiger charge is 2.38. The minimum Gasteiger partial charge on any atom is -0.495 e. The average Bonchev–Trinajstić information content (AvgIpc) is 2.79. The van der Waals surface area contributed by atoms with E-state index in [0.29, 0.717) is 10.8 Å². The van der Waals surface area contributed by atoms with Gasteiger partial charge < -0.3 is 4.74 Å². The monoisotopic (exact) mass is 321 g/mol. The van der Waals surface area contributed by atoms with Crippen molar-refractivity contribution in [1.29, 1.82) is 0 Å². The molecule has 0 spiro atoms. The van der Waals surface area contributed by atoms with E-state index in [1.54, 1.807) is 13.2 Å². The first-order valence-electron chi connectivity index (χ1n) is 6.81. The van der Waals surface area contributed by atoms with Crippen LogP contribution in [-0.2, 0) is 11.0 Å². The van der Waals surface area contributed by atoms with Crippen LogP contribution in [0, 0.1) is 0 Å². The molecule has 21 heavy (non-hydrogen) atoms. The lowest BCUT2D eigenvalue weighted by molar-refractivity contribution is 0.403. The van der Waals surface area contributed by atoms with Crippen LogP contribution in [0.1, 0.15) is 24.9 Å². The molecule has 0 radical (unpaired) electrons. The minimum absolute atomic E-state index is 0.0378. The van der Waals surface area contributed by atoms with Gasteiger partial charge in [0.25, 0.3) is 0 Å². The third-order valence-electron chi connectivity index (χ3n) is 3.66. The van der Waals surface area contributed by atoms with E-state index in [9.17, 15) is 4.21 Å². The SMILES string of the molecule is CCC1c2cc(Cl)cc(OC)c2S(=O)N1c1ccccc1. The Morgan fingerprint density at radius 1 is 1.29 bits per heavy atom. The van der Waals surface area contributed by atoms with E-state index in [4.69, 9.17) is 16.3 Å². The number of fused-ring (bicyclic) bond motifs is 1. The largest absolute Gasteiger partial charge is 0.495 e.